The van der Waals surface area contributed by atoms with Gasteiger partial charge in [0.1, 0.15) is 5.01 Å². The summed E-state index contributed by atoms with van der Waals surface area (Å²) in [6.07, 6.45) is 0. The van der Waals surface area contributed by atoms with E-state index in [1.54, 1.807) is 29.5 Å². The minimum atomic E-state index is -0.495. The Bertz CT molecular complexity index is 720. The summed E-state index contributed by atoms with van der Waals surface area (Å²) in [6, 6.07) is 7.02. The summed E-state index contributed by atoms with van der Waals surface area (Å²) in [5.74, 6) is -0.495. The van der Waals surface area contributed by atoms with Crippen molar-refractivity contribution in [2.75, 3.05) is 32.7 Å². The van der Waals surface area contributed by atoms with Gasteiger partial charge in [0.05, 0.1) is 20.3 Å². The largest absolute Gasteiger partial charge is 0.464 e. The predicted octanol–water partition coefficient (Wildman–Crippen LogP) is 3.37. The molecule has 0 aliphatic rings. The van der Waals surface area contributed by atoms with Crippen LogP contribution in [0.4, 0.5) is 10.5 Å². The number of esters is 1. The van der Waals surface area contributed by atoms with Gasteiger partial charge < -0.3 is 19.7 Å². The molecule has 1 aromatic heterocycles. The van der Waals surface area contributed by atoms with Gasteiger partial charge in [0.15, 0.2) is 5.69 Å². The van der Waals surface area contributed by atoms with Crippen LogP contribution in [0.3, 0.4) is 0 Å². The highest BCUT2D eigenvalue weighted by Gasteiger charge is 2.18. The van der Waals surface area contributed by atoms with Crippen molar-refractivity contribution in [3.8, 4) is 0 Å². The normalized spacial score (nSPS) is 10.4. The fourth-order valence-electron chi connectivity index (χ4n) is 1.93. The van der Waals surface area contributed by atoms with E-state index in [0.29, 0.717) is 23.8 Å². The lowest BCUT2D eigenvalue weighted by Gasteiger charge is -2.21. The highest BCUT2D eigenvalue weighted by atomic mass is 79.9. The van der Waals surface area contributed by atoms with Crippen LogP contribution in [-0.4, -0.2) is 49.3 Å². The number of carbonyl (C=O) groups excluding carboxylic acids is 2. The molecule has 1 aromatic carbocycles. The van der Waals surface area contributed by atoms with Crippen molar-refractivity contribution in [1.82, 2.24) is 9.88 Å². The van der Waals surface area contributed by atoms with Crippen LogP contribution < -0.4 is 5.32 Å². The number of hydrogen-bond acceptors (Lipinski definition) is 6. The number of anilines is 1. The van der Waals surface area contributed by atoms with Crippen molar-refractivity contribution in [3.63, 3.8) is 0 Å². The molecule has 0 radical (unpaired) electrons. The van der Waals surface area contributed by atoms with Crippen molar-refractivity contribution >= 4 is 45.0 Å². The van der Waals surface area contributed by atoms with Crippen molar-refractivity contribution in [1.29, 1.82) is 0 Å². The first kappa shape index (κ1) is 19.4. The van der Waals surface area contributed by atoms with E-state index in [0.717, 1.165) is 4.47 Å². The molecule has 0 aliphatic carbocycles. The fourth-order valence-corrected chi connectivity index (χ4v) is 2.98. The molecule has 1 heterocycles. The monoisotopic (exact) mass is 427 g/mol. The number of thiazole rings is 1. The Morgan fingerprint density at radius 3 is 2.64 bits per heavy atom. The number of amides is 2. The molecule has 0 saturated heterocycles. The number of nitrogens with zero attached hydrogens (tertiary/aromatic N) is 2. The minimum absolute atomic E-state index is 0.238. The summed E-state index contributed by atoms with van der Waals surface area (Å²) in [7, 11) is 2.88. The number of rotatable bonds is 7. The molecule has 9 heteroatoms. The molecule has 134 valence electrons. The van der Waals surface area contributed by atoms with Gasteiger partial charge in [-0.1, -0.05) is 15.9 Å². The zero-order chi connectivity index (χ0) is 18.2. The Labute approximate surface area is 158 Å². The molecule has 0 bridgehead atoms. The number of urea groups is 1. The fraction of sp³-hybridized carbons (Fsp3) is 0.312. The molecule has 0 saturated carbocycles. The Balaban J connectivity index is 2.06. The standard InChI is InChI=1S/C16H18BrN3O4S/c1-23-8-7-20(9-14-19-13(10-25-14)15(21)24-2)16(22)18-12-5-3-11(17)4-6-12/h3-6,10H,7-9H2,1-2H3,(H,18,22). The average Bonchev–Trinajstić information content (AvgIpc) is 3.08. The number of methoxy groups -OCH3 is 2. The van der Waals surface area contributed by atoms with Crippen LogP contribution in [0.1, 0.15) is 15.5 Å². The minimum Gasteiger partial charge on any atom is -0.464 e. The van der Waals surface area contributed by atoms with E-state index >= 15 is 0 Å². The second-order valence-electron chi connectivity index (χ2n) is 4.97. The van der Waals surface area contributed by atoms with Crippen molar-refractivity contribution < 1.29 is 19.1 Å². The Kier molecular flexibility index (Phi) is 7.35. The average molecular weight is 428 g/mol. The number of ether oxygens (including phenoxy) is 2. The first-order valence-corrected chi connectivity index (χ1v) is 9.04. The van der Waals surface area contributed by atoms with Gasteiger partial charge in [0, 0.05) is 29.2 Å². The number of halogens is 1. The lowest BCUT2D eigenvalue weighted by molar-refractivity contribution is 0.0594. The van der Waals surface area contributed by atoms with Crippen LogP contribution in [0.2, 0.25) is 0 Å². The van der Waals surface area contributed by atoms with Gasteiger partial charge in [-0.05, 0) is 24.3 Å². The molecule has 0 atom stereocenters. The molecule has 0 aliphatic heterocycles. The molecular formula is C16H18BrN3O4S. The lowest BCUT2D eigenvalue weighted by Crippen LogP contribution is -2.36. The smallest absolute Gasteiger partial charge is 0.357 e. The molecular weight excluding hydrogens is 410 g/mol. The molecule has 25 heavy (non-hydrogen) atoms. The SMILES string of the molecule is COCCN(Cc1nc(C(=O)OC)cs1)C(=O)Nc1ccc(Br)cc1. The Morgan fingerprint density at radius 2 is 2.00 bits per heavy atom. The highest BCUT2D eigenvalue weighted by Crippen LogP contribution is 2.17. The third kappa shape index (κ3) is 5.80. The quantitative estimate of drug-likeness (QED) is 0.684. The number of hydrogen-bond donors (Lipinski definition) is 1. The van der Waals surface area contributed by atoms with E-state index in [-0.39, 0.29) is 18.3 Å². The van der Waals surface area contributed by atoms with Gasteiger partial charge in [0.2, 0.25) is 0 Å². The van der Waals surface area contributed by atoms with Gasteiger partial charge in [-0.15, -0.1) is 11.3 Å². The topological polar surface area (TPSA) is 80.8 Å². The molecule has 0 unspecified atom stereocenters. The van der Waals surface area contributed by atoms with E-state index in [1.807, 2.05) is 12.1 Å². The third-order valence-corrected chi connectivity index (χ3v) is 4.58. The molecule has 2 aromatic rings. The van der Waals surface area contributed by atoms with Gasteiger partial charge in [-0.3, -0.25) is 0 Å². The zero-order valence-electron chi connectivity index (χ0n) is 13.8. The van der Waals surface area contributed by atoms with Crippen LogP contribution in [0.5, 0.6) is 0 Å². The number of aromatic nitrogens is 1. The van der Waals surface area contributed by atoms with E-state index in [2.05, 4.69) is 31.0 Å². The van der Waals surface area contributed by atoms with Crippen molar-refractivity contribution in [2.24, 2.45) is 0 Å². The van der Waals surface area contributed by atoms with Gasteiger partial charge in [-0.2, -0.15) is 0 Å². The van der Waals surface area contributed by atoms with E-state index in [9.17, 15) is 9.59 Å². The summed E-state index contributed by atoms with van der Waals surface area (Å²) in [6.45, 7) is 1.06. The Hall–Kier alpha value is -1.97. The summed E-state index contributed by atoms with van der Waals surface area (Å²) >= 11 is 4.65. The van der Waals surface area contributed by atoms with Crippen LogP contribution >= 0.6 is 27.3 Å². The zero-order valence-corrected chi connectivity index (χ0v) is 16.2. The van der Waals surface area contributed by atoms with E-state index in [1.165, 1.54) is 18.4 Å². The maximum Gasteiger partial charge on any atom is 0.357 e. The molecule has 2 amide bonds. The second kappa shape index (κ2) is 9.50. The summed E-state index contributed by atoms with van der Waals surface area (Å²) in [4.78, 5) is 29.8. The molecule has 1 N–H and O–H groups in total. The number of carbonyl (C=O) groups is 2. The Morgan fingerprint density at radius 1 is 1.28 bits per heavy atom. The summed E-state index contributed by atoms with van der Waals surface area (Å²) < 4.78 is 10.6. The number of benzene rings is 1. The maximum atomic E-state index is 12.5. The molecule has 0 spiro atoms. The predicted molar refractivity (Wildman–Crippen MR) is 98.9 cm³/mol. The van der Waals surface area contributed by atoms with Crippen LogP contribution in [0.15, 0.2) is 34.1 Å². The van der Waals surface area contributed by atoms with Crippen LogP contribution in [-0.2, 0) is 16.0 Å². The maximum absolute atomic E-state index is 12.5. The highest BCUT2D eigenvalue weighted by molar-refractivity contribution is 9.10. The molecule has 2 rings (SSSR count). The summed E-state index contributed by atoms with van der Waals surface area (Å²) in [5.41, 5.74) is 0.924. The lowest BCUT2D eigenvalue weighted by atomic mass is 10.3. The molecule has 7 nitrogen and oxygen atoms in total. The third-order valence-electron chi connectivity index (χ3n) is 3.22. The van der Waals surface area contributed by atoms with Gasteiger partial charge >= 0.3 is 12.0 Å². The van der Waals surface area contributed by atoms with Gasteiger partial charge in [0.25, 0.3) is 0 Å². The first-order chi connectivity index (χ1) is 12.0. The van der Waals surface area contributed by atoms with Gasteiger partial charge in [-0.25, -0.2) is 14.6 Å². The molecule has 0 fully saturated rings. The van der Waals surface area contributed by atoms with E-state index in [4.69, 9.17) is 4.74 Å². The van der Waals surface area contributed by atoms with E-state index < -0.39 is 5.97 Å². The van der Waals surface area contributed by atoms with Crippen molar-refractivity contribution in [2.45, 2.75) is 6.54 Å². The van der Waals surface area contributed by atoms with Crippen LogP contribution in [0, 0.1) is 0 Å². The van der Waals surface area contributed by atoms with Crippen molar-refractivity contribution in [3.05, 3.63) is 44.8 Å². The van der Waals surface area contributed by atoms with Crippen LogP contribution in [0.25, 0.3) is 0 Å². The number of nitrogens with one attached hydrogen (secondary N) is 1. The summed E-state index contributed by atoms with van der Waals surface area (Å²) in [5, 5.41) is 5.09. The first-order valence-electron chi connectivity index (χ1n) is 7.36. The second-order valence-corrected chi connectivity index (χ2v) is 6.83.